The topological polar surface area (TPSA) is 51.2 Å². The van der Waals surface area contributed by atoms with Gasteiger partial charge in [-0.15, -0.1) is 11.3 Å². The Labute approximate surface area is 80.9 Å². The van der Waals surface area contributed by atoms with Gasteiger partial charge in [-0.3, -0.25) is 4.79 Å². The molecule has 72 valence electrons. The molecule has 0 spiro atoms. The number of rotatable bonds is 5. The van der Waals surface area contributed by atoms with Crippen molar-refractivity contribution in [3.63, 3.8) is 0 Å². The van der Waals surface area contributed by atoms with Gasteiger partial charge in [0.05, 0.1) is 5.01 Å². The maximum atomic E-state index is 10.9. The number of thiazole rings is 1. The molecule has 0 fully saturated rings. The lowest BCUT2D eigenvalue weighted by Gasteiger charge is -2.01. The van der Waals surface area contributed by atoms with Gasteiger partial charge in [0.2, 0.25) is 5.91 Å². The van der Waals surface area contributed by atoms with Gasteiger partial charge in [-0.1, -0.05) is 0 Å². The number of methoxy groups -OCH3 is 1. The number of carbonyl (C=O) groups excluding carboxylic acids is 1. The molecule has 0 atom stereocenters. The second kappa shape index (κ2) is 5.66. The van der Waals surface area contributed by atoms with E-state index in [1.165, 1.54) is 7.11 Å². The van der Waals surface area contributed by atoms with Crippen molar-refractivity contribution in [3.8, 4) is 0 Å². The van der Waals surface area contributed by atoms with E-state index < -0.39 is 0 Å². The second-order valence-corrected chi connectivity index (χ2v) is 3.44. The highest BCUT2D eigenvalue weighted by Gasteiger charge is 1.99. The van der Waals surface area contributed by atoms with E-state index in [-0.39, 0.29) is 12.5 Å². The molecule has 13 heavy (non-hydrogen) atoms. The first kappa shape index (κ1) is 10.1. The van der Waals surface area contributed by atoms with Crippen molar-refractivity contribution in [1.82, 2.24) is 10.3 Å². The molecule has 0 aliphatic heterocycles. The predicted molar refractivity (Wildman–Crippen MR) is 50.7 cm³/mol. The summed E-state index contributed by atoms with van der Waals surface area (Å²) in [5.41, 5.74) is 0. The van der Waals surface area contributed by atoms with Crippen LogP contribution in [0.4, 0.5) is 0 Å². The molecule has 0 unspecified atom stereocenters. The summed E-state index contributed by atoms with van der Waals surface area (Å²) in [6, 6.07) is 0. The zero-order valence-corrected chi connectivity index (χ0v) is 8.26. The fourth-order valence-electron chi connectivity index (χ4n) is 0.867. The van der Waals surface area contributed by atoms with E-state index in [9.17, 15) is 4.79 Å². The predicted octanol–water partition coefficient (Wildman–Crippen LogP) is 0.448. The van der Waals surface area contributed by atoms with Crippen LogP contribution < -0.4 is 5.32 Å². The molecule has 1 aromatic rings. The van der Waals surface area contributed by atoms with E-state index in [4.69, 9.17) is 0 Å². The van der Waals surface area contributed by atoms with Crippen LogP contribution in [0, 0.1) is 0 Å². The van der Waals surface area contributed by atoms with Crippen molar-refractivity contribution in [2.24, 2.45) is 0 Å². The molecule has 0 aliphatic carbocycles. The average molecular weight is 200 g/mol. The van der Waals surface area contributed by atoms with Crippen LogP contribution in [0.1, 0.15) is 5.01 Å². The molecule has 0 bridgehead atoms. The highest BCUT2D eigenvalue weighted by atomic mass is 32.1. The van der Waals surface area contributed by atoms with Gasteiger partial charge < -0.3 is 10.1 Å². The third-order valence-electron chi connectivity index (χ3n) is 1.42. The smallest absolute Gasteiger partial charge is 0.245 e. The van der Waals surface area contributed by atoms with E-state index in [1.807, 2.05) is 5.38 Å². The SMILES string of the molecule is COCC(=O)NCCc1nccs1. The quantitative estimate of drug-likeness (QED) is 0.750. The minimum atomic E-state index is -0.0842. The zero-order chi connectivity index (χ0) is 9.52. The van der Waals surface area contributed by atoms with Crippen LogP contribution in [-0.4, -0.2) is 31.2 Å². The largest absolute Gasteiger partial charge is 0.375 e. The molecule has 1 aromatic heterocycles. The fraction of sp³-hybridized carbons (Fsp3) is 0.500. The van der Waals surface area contributed by atoms with Gasteiger partial charge in [0.1, 0.15) is 6.61 Å². The van der Waals surface area contributed by atoms with Crippen LogP contribution in [0.15, 0.2) is 11.6 Å². The monoisotopic (exact) mass is 200 g/mol. The van der Waals surface area contributed by atoms with Crippen molar-refractivity contribution < 1.29 is 9.53 Å². The Morgan fingerprint density at radius 2 is 2.62 bits per heavy atom. The van der Waals surface area contributed by atoms with Gasteiger partial charge >= 0.3 is 0 Å². The number of nitrogens with one attached hydrogen (secondary N) is 1. The van der Waals surface area contributed by atoms with Crippen molar-refractivity contribution >= 4 is 17.2 Å². The Morgan fingerprint density at radius 3 is 3.23 bits per heavy atom. The van der Waals surface area contributed by atoms with Gasteiger partial charge in [-0.2, -0.15) is 0 Å². The Morgan fingerprint density at radius 1 is 1.77 bits per heavy atom. The minimum Gasteiger partial charge on any atom is -0.375 e. The molecule has 1 heterocycles. The summed E-state index contributed by atoms with van der Waals surface area (Å²) in [5.74, 6) is -0.0842. The van der Waals surface area contributed by atoms with E-state index in [0.717, 1.165) is 11.4 Å². The van der Waals surface area contributed by atoms with Crippen molar-refractivity contribution in [1.29, 1.82) is 0 Å². The van der Waals surface area contributed by atoms with Crippen LogP contribution in [0.3, 0.4) is 0 Å². The summed E-state index contributed by atoms with van der Waals surface area (Å²) < 4.78 is 4.67. The standard InChI is InChI=1S/C8H12N2O2S/c1-12-6-7(11)9-3-2-8-10-4-5-13-8/h4-5H,2-3,6H2,1H3,(H,9,11). The van der Waals surface area contributed by atoms with Crippen molar-refractivity contribution in [3.05, 3.63) is 16.6 Å². The lowest BCUT2D eigenvalue weighted by atomic mass is 10.4. The fourth-order valence-corrected chi connectivity index (χ4v) is 1.49. The Kier molecular flexibility index (Phi) is 4.42. The van der Waals surface area contributed by atoms with Crippen molar-refractivity contribution in [2.75, 3.05) is 20.3 Å². The Balaban J connectivity index is 2.11. The zero-order valence-electron chi connectivity index (χ0n) is 7.45. The van der Waals surface area contributed by atoms with Gasteiger partial charge in [0, 0.05) is 31.7 Å². The molecule has 0 aromatic carbocycles. The number of ether oxygens (including phenoxy) is 1. The number of hydrogen-bond donors (Lipinski definition) is 1. The maximum absolute atomic E-state index is 10.9. The lowest BCUT2D eigenvalue weighted by molar-refractivity contribution is -0.124. The molecule has 0 saturated heterocycles. The summed E-state index contributed by atoms with van der Waals surface area (Å²) >= 11 is 1.59. The van der Waals surface area contributed by atoms with Gasteiger partial charge in [-0.25, -0.2) is 4.98 Å². The number of nitrogens with zero attached hydrogens (tertiary/aromatic N) is 1. The van der Waals surface area contributed by atoms with Crippen LogP contribution in [0.2, 0.25) is 0 Å². The molecular weight excluding hydrogens is 188 g/mol. The normalized spacial score (nSPS) is 9.92. The number of aromatic nitrogens is 1. The highest BCUT2D eigenvalue weighted by Crippen LogP contribution is 2.03. The molecule has 0 saturated carbocycles. The van der Waals surface area contributed by atoms with E-state index in [2.05, 4.69) is 15.0 Å². The summed E-state index contributed by atoms with van der Waals surface area (Å²) in [6.45, 7) is 0.744. The summed E-state index contributed by atoms with van der Waals surface area (Å²) in [4.78, 5) is 15.0. The second-order valence-electron chi connectivity index (χ2n) is 2.46. The summed E-state index contributed by atoms with van der Waals surface area (Å²) in [6.07, 6.45) is 2.55. The highest BCUT2D eigenvalue weighted by molar-refractivity contribution is 7.09. The first-order chi connectivity index (χ1) is 6.33. The first-order valence-electron chi connectivity index (χ1n) is 3.97. The molecule has 1 amide bonds. The van der Waals surface area contributed by atoms with Crippen LogP contribution >= 0.6 is 11.3 Å². The molecule has 1 N–H and O–H groups in total. The van der Waals surface area contributed by atoms with Gasteiger partial charge in [0.15, 0.2) is 0 Å². The van der Waals surface area contributed by atoms with Crippen LogP contribution in [-0.2, 0) is 16.0 Å². The minimum absolute atomic E-state index is 0.0842. The van der Waals surface area contributed by atoms with Gasteiger partial charge in [0.25, 0.3) is 0 Å². The van der Waals surface area contributed by atoms with Gasteiger partial charge in [-0.05, 0) is 0 Å². The summed E-state index contributed by atoms with van der Waals surface area (Å²) in [7, 11) is 1.50. The Bertz CT molecular complexity index is 249. The number of carbonyl (C=O) groups is 1. The first-order valence-corrected chi connectivity index (χ1v) is 4.85. The molecular formula is C8H12N2O2S. The third-order valence-corrected chi connectivity index (χ3v) is 2.26. The molecule has 0 aliphatic rings. The van der Waals surface area contributed by atoms with E-state index in [1.54, 1.807) is 17.5 Å². The number of hydrogen-bond acceptors (Lipinski definition) is 4. The lowest BCUT2D eigenvalue weighted by Crippen LogP contribution is -2.28. The average Bonchev–Trinajstić information content (AvgIpc) is 2.57. The number of amides is 1. The maximum Gasteiger partial charge on any atom is 0.245 e. The molecule has 1 rings (SSSR count). The molecule has 5 heteroatoms. The van der Waals surface area contributed by atoms with Crippen LogP contribution in [0.25, 0.3) is 0 Å². The van der Waals surface area contributed by atoms with Crippen molar-refractivity contribution in [2.45, 2.75) is 6.42 Å². The summed E-state index contributed by atoms with van der Waals surface area (Å²) in [5, 5.41) is 5.69. The Hall–Kier alpha value is -0.940. The van der Waals surface area contributed by atoms with E-state index in [0.29, 0.717) is 6.54 Å². The third kappa shape index (κ3) is 4.00. The van der Waals surface area contributed by atoms with Crippen LogP contribution in [0.5, 0.6) is 0 Å². The van der Waals surface area contributed by atoms with E-state index >= 15 is 0 Å². The molecule has 0 radical (unpaired) electrons. The molecule has 4 nitrogen and oxygen atoms in total.